The fraction of sp³-hybridized carbons (Fsp3) is 0.636. The Bertz CT molecular complexity index is 339. The van der Waals surface area contributed by atoms with Crippen molar-refractivity contribution in [3.63, 3.8) is 0 Å². The van der Waals surface area contributed by atoms with Gasteiger partial charge in [0, 0.05) is 30.0 Å². The Balaban J connectivity index is 1.84. The van der Waals surface area contributed by atoms with Crippen molar-refractivity contribution in [3.8, 4) is 0 Å². The van der Waals surface area contributed by atoms with Crippen molar-refractivity contribution in [2.45, 2.75) is 25.3 Å². The average molecular weight is 287 g/mol. The molecule has 88 valence electrons. The Kier molecular flexibility index (Phi) is 3.33. The van der Waals surface area contributed by atoms with Crippen molar-refractivity contribution in [3.05, 3.63) is 11.1 Å². The largest absolute Gasteiger partial charge is 0.351 e. The van der Waals surface area contributed by atoms with Crippen molar-refractivity contribution < 1.29 is 9.59 Å². The van der Waals surface area contributed by atoms with E-state index in [-0.39, 0.29) is 17.7 Å². The lowest BCUT2D eigenvalue weighted by Crippen LogP contribution is -2.34. The Hall–Kier alpha value is -0.840. The van der Waals surface area contributed by atoms with Crippen molar-refractivity contribution >= 4 is 27.7 Å². The van der Waals surface area contributed by atoms with Crippen LogP contribution in [0.1, 0.15) is 19.3 Å². The van der Waals surface area contributed by atoms with Gasteiger partial charge < -0.3 is 10.2 Å². The minimum absolute atomic E-state index is 0.0444. The molecule has 2 aliphatic rings. The maximum atomic E-state index is 11.7. The number of hydrogen-bond acceptors (Lipinski definition) is 2. The molecule has 1 atom stereocenters. The summed E-state index contributed by atoms with van der Waals surface area (Å²) >= 11 is 3.18. The monoisotopic (exact) mass is 286 g/mol. The summed E-state index contributed by atoms with van der Waals surface area (Å²) in [5.41, 5.74) is 0. The Morgan fingerprint density at radius 3 is 2.81 bits per heavy atom. The van der Waals surface area contributed by atoms with Crippen LogP contribution >= 0.6 is 15.9 Å². The minimum Gasteiger partial charge on any atom is -0.351 e. The van der Waals surface area contributed by atoms with Gasteiger partial charge in [-0.15, -0.1) is 0 Å². The standard InChI is InChI=1S/C11H15BrN2O2/c1-7(12)5-13-11(16)8-4-10(15)14(6-8)9-2-3-9/h8-9H,1-6H2,(H,13,16). The molecule has 1 N–H and O–H groups in total. The van der Waals surface area contributed by atoms with Crippen molar-refractivity contribution in [2.24, 2.45) is 5.92 Å². The van der Waals surface area contributed by atoms with Gasteiger partial charge in [-0.05, 0) is 12.8 Å². The normalized spacial score (nSPS) is 24.7. The zero-order chi connectivity index (χ0) is 11.7. The van der Waals surface area contributed by atoms with Gasteiger partial charge in [0.15, 0.2) is 0 Å². The molecule has 2 rings (SSSR count). The molecule has 1 unspecified atom stereocenters. The molecule has 1 aliphatic heterocycles. The molecule has 16 heavy (non-hydrogen) atoms. The molecule has 5 heteroatoms. The first-order valence-electron chi connectivity index (χ1n) is 5.48. The van der Waals surface area contributed by atoms with Crippen LogP contribution in [0, 0.1) is 5.92 Å². The first-order valence-corrected chi connectivity index (χ1v) is 6.27. The third-order valence-corrected chi connectivity index (χ3v) is 3.25. The van der Waals surface area contributed by atoms with E-state index in [9.17, 15) is 9.59 Å². The molecule has 1 saturated heterocycles. The summed E-state index contributed by atoms with van der Waals surface area (Å²) in [5.74, 6) is -0.0997. The van der Waals surface area contributed by atoms with Gasteiger partial charge in [0.1, 0.15) is 0 Å². The van der Waals surface area contributed by atoms with Gasteiger partial charge in [0.2, 0.25) is 11.8 Å². The molecule has 0 bridgehead atoms. The Labute approximate surface area is 103 Å². The summed E-state index contributed by atoms with van der Waals surface area (Å²) in [6.07, 6.45) is 2.55. The van der Waals surface area contributed by atoms with E-state index in [4.69, 9.17) is 0 Å². The first-order chi connectivity index (χ1) is 7.58. The summed E-state index contributed by atoms with van der Waals surface area (Å²) in [6.45, 7) is 4.66. The highest BCUT2D eigenvalue weighted by atomic mass is 79.9. The Morgan fingerprint density at radius 2 is 2.25 bits per heavy atom. The number of rotatable bonds is 4. The van der Waals surface area contributed by atoms with Gasteiger partial charge in [-0.2, -0.15) is 0 Å². The van der Waals surface area contributed by atoms with Gasteiger partial charge >= 0.3 is 0 Å². The highest BCUT2D eigenvalue weighted by molar-refractivity contribution is 9.11. The number of likely N-dealkylation sites (tertiary alicyclic amines) is 1. The minimum atomic E-state index is -0.181. The van der Waals surface area contributed by atoms with E-state index in [0.717, 1.165) is 17.3 Å². The molecule has 0 aromatic heterocycles. The second-order valence-electron chi connectivity index (χ2n) is 4.41. The van der Waals surface area contributed by atoms with E-state index in [1.165, 1.54) is 0 Å². The van der Waals surface area contributed by atoms with Crippen LogP contribution in [-0.4, -0.2) is 35.8 Å². The summed E-state index contributed by atoms with van der Waals surface area (Å²) in [7, 11) is 0. The zero-order valence-corrected chi connectivity index (χ0v) is 10.6. The van der Waals surface area contributed by atoms with Crippen LogP contribution in [0.2, 0.25) is 0 Å². The third kappa shape index (κ3) is 2.64. The predicted octanol–water partition coefficient (Wildman–Crippen LogP) is 1.02. The smallest absolute Gasteiger partial charge is 0.225 e. The van der Waals surface area contributed by atoms with Crippen LogP contribution in [-0.2, 0) is 9.59 Å². The van der Waals surface area contributed by atoms with E-state index in [1.54, 1.807) is 0 Å². The molecule has 0 spiro atoms. The average Bonchev–Trinajstić information content (AvgIpc) is 2.99. The molecule has 0 radical (unpaired) electrons. The van der Waals surface area contributed by atoms with Crippen LogP contribution in [0.25, 0.3) is 0 Å². The van der Waals surface area contributed by atoms with E-state index in [2.05, 4.69) is 27.8 Å². The lowest BCUT2D eigenvalue weighted by molar-refractivity contribution is -0.129. The molecule has 2 fully saturated rings. The molecule has 2 amide bonds. The summed E-state index contributed by atoms with van der Waals surface area (Å²) in [4.78, 5) is 25.2. The summed E-state index contributed by atoms with van der Waals surface area (Å²) in [5, 5.41) is 2.76. The first kappa shape index (κ1) is 11.6. The van der Waals surface area contributed by atoms with E-state index in [0.29, 0.717) is 25.6 Å². The molecule has 1 heterocycles. The molecule has 1 aliphatic carbocycles. The van der Waals surface area contributed by atoms with Crippen LogP contribution in [0.3, 0.4) is 0 Å². The van der Waals surface area contributed by atoms with E-state index in [1.807, 2.05) is 4.90 Å². The molecular formula is C11H15BrN2O2. The number of carbonyl (C=O) groups is 2. The van der Waals surface area contributed by atoms with Gasteiger partial charge in [-0.25, -0.2) is 0 Å². The van der Waals surface area contributed by atoms with Gasteiger partial charge in [0.25, 0.3) is 0 Å². The fourth-order valence-corrected chi connectivity index (χ4v) is 2.11. The topological polar surface area (TPSA) is 49.4 Å². The maximum Gasteiger partial charge on any atom is 0.225 e. The van der Waals surface area contributed by atoms with Crippen LogP contribution in [0.4, 0.5) is 0 Å². The lowest BCUT2D eigenvalue weighted by atomic mass is 10.1. The highest BCUT2D eigenvalue weighted by Crippen LogP contribution is 2.32. The molecular weight excluding hydrogens is 272 g/mol. The quantitative estimate of drug-likeness (QED) is 0.839. The number of halogens is 1. The lowest BCUT2D eigenvalue weighted by Gasteiger charge is -2.15. The second kappa shape index (κ2) is 4.57. The van der Waals surface area contributed by atoms with Crippen molar-refractivity contribution in [1.82, 2.24) is 10.2 Å². The predicted molar refractivity (Wildman–Crippen MR) is 63.9 cm³/mol. The van der Waals surface area contributed by atoms with E-state index >= 15 is 0 Å². The van der Waals surface area contributed by atoms with Crippen molar-refractivity contribution in [2.75, 3.05) is 13.1 Å². The number of nitrogens with one attached hydrogen (secondary N) is 1. The number of nitrogens with zero attached hydrogens (tertiary/aromatic N) is 1. The fourth-order valence-electron chi connectivity index (χ4n) is 1.97. The molecule has 4 nitrogen and oxygen atoms in total. The molecule has 0 aromatic rings. The Morgan fingerprint density at radius 1 is 1.56 bits per heavy atom. The van der Waals surface area contributed by atoms with Gasteiger partial charge in [-0.3, -0.25) is 9.59 Å². The summed E-state index contributed by atoms with van der Waals surface area (Å²) in [6, 6.07) is 0.413. The number of hydrogen-bond donors (Lipinski definition) is 1. The zero-order valence-electron chi connectivity index (χ0n) is 9.04. The highest BCUT2D eigenvalue weighted by Gasteiger charge is 2.41. The van der Waals surface area contributed by atoms with E-state index < -0.39 is 0 Å². The summed E-state index contributed by atoms with van der Waals surface area (Å²) < 4.78 is 0.740. The second-order valence-corrected chi connectivity index (χ2v) is 5.53. The van der Waals surface area contributed by atoms with Crippen molar-refractivity contribution in [1.29, 1.82) is 0 Å². The molecule has 0 aromatic carbocycles. The molecule has 1 saturated carbocycles. The van der Waals surface area contributed by atoms with Crippen LogP contribution in [0.15, 0.2) is 11.1 Å². The maximum absolute atomic E-state index is 11.7. The van der Waals surface area contributed by atoms with Crippen LogP contribution < -0.4 is 5.32 Å². The van der Waals surface area contributed by atoms with Gasteiger partial charge in [0.05, 0.1) is 5.92 Å². The third-order valence-electron chi connectivity index (χ3n) is 2.97. The van der Waals surface area contributed by atoms with Crippen LogP contribution in [0.5, 0.6) is 0 Å². The number of amides is 2. The SMILES string of the molecule is C=C(Br)CNC(=O)C1CC(=O)N(C2CC2)C1. The van der Waals surface area contributed by atoms with Gasteiger partial charge in [-0.1, -0.05) is 22.5 Å². The number of carbonyl (C=O) groups excluding carboxylic acids is 2.